The fourth-order valence-corrected chi connectivity index (χ4v) is 2.36. The minimum Gasteiger partial charge on any atom is -0.465 e. The zero-order valence-electron chi connectivity index (χ0n) is 13.4. The topological polar surface area (TPSA) is 85.6 Å². The van der Waals surface area contributed by atoms with Crippen LogP contribution in [0.1, 0.15) is 26.5 Å². The Bertz CT molecular complexity index is 989. The minimum absolute atomic E-state index is 0.0464. The van der Waals surface area contributed by atoms with Gasteiger partial charge in [-0.1, -0.05) is 24.3 Å². The van der Waals surface area contributed by atoms with E-state index in [2.05, 4.69) is 10.1 Å². The van der Waals surface area contributed by atoms with Gasteiger partial charge >= 0.3 is 5.97 Å². The van der Waals surface area contributed by atoms with Gasteiger partial charge in [-0.05, 0) is 29.8 Å². The van der Waals surface area contributed by atoms with E-state index >= 15 is 0 Å². The van der Waals surface area contributed by atoms with Crippen LogP contribution in [-0.2, 0) is 11.3 Å². The van der Waals surface area contributed by atoms with E-state index in [1.807, 2.05) is 0 Å². The molecule has 0 spiro atoms. The highest BCUT2D eigenvalue weighted by atomic mass is 16.5. The van der Waals surface area contributed by atoms with Gasteiger partial charge in [-0.25, -0.2) is 4.79 Å². The summed E-state index contributed by atoms with van der Waals surface area (Å²) in [6.45, 7) is 0.233. The lowest BCUT2D eigenvalue weighted by Crippen LogP contribution is -2.24. The summed E-state index contributed by atoms with van der Waals surface area (Å²) < 4.78 is 10.1. The van der Waals surface area contributed by atoms with Gasteiger partial charge in [-0.3, -0.25) is 9.59 Å². The Kier molecular flexibility index (Phi) is 4.61. The summed E-state index contributed by atoms with van der Waals surface area (Å²) in [5.74, 6) is -0.955. The first-order chi connectivity index (χ1) is 12.1. The molecule has 0 bridgehead atoms. The van der Waals surface area contributed by atoms with E-state index in [9.17, 15) is 14.4 Å². The van der Waals surface area contributed by atoms with Crippen LogP contribution in [-0.4, -0.2) is 19.0 Å². The SMILES string of the molecule is COC(=O)c1ccc(CNC(=O)c2cc(=O)c3ccccc3o2)cc1. The van der Waals surface area contributed by atoms with Crippen molar-refractivity contribution in [1.82, 2.24) is 5.32 Å². The normalized spacial score (nSPS) is 10.4. The number of esters is 1. The standard InChI is InChI=1S/C19H15NO5/c1-24-19(23)13-8-6-12(7-9-13)11-20-18(22)17-10-15(21)14-4-2-3-5-16(14)25-17/h2-10H,11H2,1H3,(H,20,22). The highest BCUT2D eigenvalue weighted by Crippen LogP contribution is 2.12. The maximum Gasteiger partial charge on any atom is 0.337 e. The summed E-state index contributed by atoms with van der Waals surface area (Å²) >= 11 is 0. The van der Waals surface area contributed by atoms with Crippen LogP contribution < -0.4 is 10.7 Å². The number of amides is 1. The van der Waals surface area contributed by atoms with Gasteiger partial charge in [0.1, 0.15) is 5.58 Å². The predicted molar refractivity (Wildman–Crippen MR) is 91.4 cm³/mol. The van der Waals surface area contributed by atoms with Gasteiger partial charge in [0, 0.05) is 12.6 Å². The first kappa shape index (κ1) is 16.4. The summed E-state index contributed by atoms with van der Waals surface area (Å²) in [6, 6.07) is 14.6. The van der Waals surface area contributed by atoms with Crippen LogP contribution in [0.25, 0.3) is 11.0 Å². The highest BCUT2D eigenvalue weighted by molar-refractivity contribution is 5.93. The predicted octanol–water partition coefficient (Wildman–Crippen LogP) is 2.51. The molecule has 6 nitrogen and oxygen atoms in total. The number of benzene rings is 2. The van der Waals surface area contributed by atoms with Crippen LogP contribution in [0.3, 0.4) is 0 Å². The molecule has 1 amide bonds. The third-order valence-corrected chi connectivity index (χ3v) is 3.69. The molecule has 0 fully saturated rings. The van der Waals surface area contributed by atoms with Gasteiger partial charge in [-0.15, -0.1) is 0 Å². The Morgan fingerprint density at radius 1 is 1.08 bits per heavy atom. The molecule has 1 heterocycles. The number of nitrogens with one attached hydrogen (secondary N) is 1. The summed E-state index contributed by atoms with van der Waals surface area (Å²) in [5.41, 5.74) is 1.32. The largest absolute Gasteiger partial charge is 0.465 e. The molecule has 25 heavy (non-hydrogen) atoms. The highest BCUT2D eigenvalue weighted by Gasteiger charge is 2.12. The van der Waals surface area contributed by atoms with E-state index in [0.717, 1.165) is 5.56 Å². The molecule has 6 heteroatoms. The fraction of sp³-hybridized carbons (Fsp3) is 0.105. The van der Waals surface area contributed by atoms with Crippen molar-refractivity contribution < 1.29 is 18.7 Å². The van der Waals surface area contributed by atoms with Crippen molar-refractivity contribution in [1.29, 1.82) is 0 Å². The van der Waals surface area contributed by atoms with E-state index in [0.29, 0.717) is 16.5 Å². The number of methoxy groups -OCH3 is 1. The van der Waals surface area contributed by atoms with Gasteiger partial charge in [0.25, 0.3) is 5.91 Å². The lowest BCUT2D eigenvalue weighted by Gasteiger charge is -2.06. The zero-order chi connectivity index (χ0) is 17.8. The Balaban J connectivity index is 1.72. The van der Waals surface area contributed by atoms with Crippen molar-refractivity contribution in [3.8, 4) is 0 Å². The monoisotopic (exact) mass is 337 g/mol. The van der Waals surface area contributed by atoms with Crippen LogP contribution in [0, 0.1) is 0 Å². The molecule has 2 aromatic carbocycles. The molecule has 0 aliphatic heterocycles. The van der Waals surface area contributed by atoms with Gasteiger partial charge in [0.2, 0.25) is 0 Å². The van der Waals surface area contributed by atoms with E-state index in [-0.39, 0.29) is 17.7 Å². The molecular weight excluding hydrogens is 322 g/mol. The zero-order valence-corrected chi connectivity index (χ0v) is 13.4. The van der Waals surface area contributed by atoms with Crippen LogP contribution >= 0.6 is 0 Å². The Morgan fingerprint density at radius 3 is 2.52 bits per heavy atom. The first-order valence-electron chi connectivity index (χ1n) is 7.57. The molecule has 1 aromatic heterocycles. The molecule has 0 saturated heterocycles. The Hall–Kier alpha value is -3.41. The number of rotatable bonds is 4. The van der Waals surface area contributed by atoms with Gasteiger partial charge in [0.05, 0.1) is 18.1 Å². The van der Waals surface area contributed by atoms with Crippen molar-refractivity contribution in [2.75, 3.05) is 7.11 Å². The van der Waals surface area contributed by atoms with Gasteiger partial charge < -0.3 is 14.5 Å². The van der Waals surface area contributed by atoms with Crippen LogP contribution in [0.2, 0.25) is 0 Å². The molecule has 0 radical (unpaired) electrons. The van der Waals surface area contributed by atoms with Crippen molar-refractivity contribution in [3.63, 3.8) is 0 Å². The Morgan fingerprint density at radius 2 is 1.80 bits per heavy atom. The molecule has 1 N–H and O–H groups in total. The number of fused-ring (bicyclic) bond motifs is 1. The average Bonchev–Trinajstić information content (AvgIpc) is 2.65. The van der Waals surface area contributed by atoms with Crippen LogP contribution in [0.4, 0.5) is 0 Å². The minimum atomic E-state index is -0.486. The average molecular weight is 337 g/mol. The fourth-order valence-electron chi connectivity index (χ4n) is 2.36. The van der Waals surface area contributed by atoms with Crippen molar-refractivity contribution >= 4 is 22.8 Å². The molecular formula is C19H15NO5. The van der Waals surface area contributed by atoms with Crippen molar-refractivity contribution in [2.24, 2.45) is 0 Å². The van der Waals surface area contributed by atoms with E-state index in [4.69, 9.17) is 4.42 Å². The lowest BCUT2D eigenvalue weighted by atomic mass is 10.1. The van der Waals surface area contributed by atoms with E-state index in [1.165, 1.54) is 13.2 Å². The number of carbonyl (C=O) groups excluding carboxylic acids is 2. The van der Waals surface area contributed by atoms with Crippen molar-refractivity contribution in [2.45, 2.75) is 6.54 Å². The smallest absolute Gasteiger partial charge is 0.337 e. The van der Waals surface area contributed by atoms with Gasteiger partial charge in [0.15, 0.2) is 11.2 Å². The van der Waals surface area contributed by atoms with Gasteiger partial charge in [-0.2, -0.15) is 0 Å². The quantitative estimate of drug-likeness (QED) is 0.739. The summed E-state index contributed by atoms with van der Waals surface area (Å²) in [7, 11) is 1.31. The number of para-hydroxylation sites is 1. The summed E-state index contributed by atoms with van der Waals surface area (Å²) in [6.07, 6.45) is 0. The maximum absolute atomic E-state index is 12.2. The molecule has 0 aliphatic carbocycles. The van der Waals surface area contributed by atoms with E-state index in [1.54, 1.807) is 48.5 Å². The second-order valence-electron chi connectivity index (χ2n) is 5.34. The molecule has 0 unspecified atom stereocenters. The second kappa shape index (κ2) is 7.00. The first-order valence-corrected chi connectivity index (χ1v) is 7.57. The van der Waals surface area contributed by atoms with E-state index < -0.39 is 11.9 Å². The molecule has 3 aromatic rings. The Labute approximate surface area is 143 Å². The third-order valence-electron chi connectivity index (χ3n) is 3.69. The third kappa shape index (κ3) is 3.58. The maximum atomic E-state index is 12.2. The molecule has 0 saturated carbocycles. The molecule has 0 atom stereocenters. The number of hydrogen-bond acceptors (Lipinski definition) is 5. The molecule has 0 aliphatic rings. The van der Waals surface area contributed by atoms with Crippen LogP contribution in [0.5, 0.6) is 0 Å². The number of hydrogen-bond donors (Lipinski definition) is 1. The lowest BCUT2D eigenvalue weighted by molar-refractivity contribution is 0.0600. The molecule has 126 valence electrons. The van der Waals surface area contributed by atoms with Crippen LogP contribution in [0.15, 0.2) is 63.8 Å². The number of carbonyl (C=O) groups is 2. The van der Waals surface area contributed by atoms with Crippen molar-refractivity contribution in [3.05, 3.63) is 81.7 Å². The summed E-state index contributed by atoms with van der Waals surface area (Å²) in [5, 5.41) is 3.11. The second-order valence-corrected chi connectivity index (χ2v) is 5.34. The molecule has 3 rings (SSSR count). The number of ether oxygens (including phenoxy) is 1. The summed E-state index contributed by atoms with van der Waals surface area (Å²) in [4.78, 5) is 35.6.